The van der Waals surface area contributed by atoms with Crippen molar-refractivity contribution >= 4 is 11.8 Å². The summed E-state index contributed by atoms with van der Waals surface area (Å²) in [6.07, 6.45) is 7.40. The van der Waals surface area contributed by atoms with E-state index in [1.807, 2.05) is 11.8 Å². The van der Waals surface area contributed by atoms with E-state index in [2.05, 4.69) is 11.6 Å². The highest BCUT2D eigenvalue weighted by molar-refractivity contribution is 8.00. The Morgan fingerprint density at radius 2 is 2.17 bits per heavy atom. The summed E-state index contributed by atoms with van der Waals surface area (Å²) in [5.41, 5.74) is 5.71. The van der Waals surface area contributed by atoms with Crippen molar-refractivity contribution in [2.45, 2.75) is 42.5 Å². The van der Waals surface area contributed by atoms with Crippen molar-refractivity contribution in [2.24, 2.45) is 5.73 Å². The SMILES string of the molecule is CSC1(CNC2CC(N)C2)CC1. The van der Waals surface area contributed by atoms with Crippen LogP contribution in [0.25, 0.3) is 0 Å². The van der Waals surface area contributed by atoms with Gasteiger partial charge in [-0.25, -0.2) is 0 Å². The molecule has 0 radical (unpaired) electrons. The molecule has 0 spiro atoms. The van der Waals surface area contributed by atoms with Gasteiger partial charge in [-0.15, -0.1) is 0 Å². The molecule has 0 bridgehead atoms. The van der Waals surface area contributed by atoms with Gasteiger partial charge >= 0.3 is 0 Å². The minimum atomic E-state index is 0.479. The number of hydrogen-bond donors (Lipinski definition) is 2. The number of nitrogens with two attached hydrogens (primary N) is 1. The van der Waals surface area contributed by atoms with Crippen LogP contribution in [0.2, 0.25) is 0 Å². The van der Waals surface area contributed by atoms with Crippen LogP contribution in [0.15, 0.2) is 0 Å². The Hall–Kier alpha value is 0.270. The zero-order valence-corrected chi connectivity index (χ0v) is 8.49. The van der Waals surface area contributed by atoms with Crippen molar-refractivity contribution in [1.29, 1.82) is 0 Å². The van der Waals surface area contributed by atoms with Gasteiger partial charge in [0.2, 0.25) is 0 Å². The number of rotatable bonds is 4. The van der Waals surface area contributed by atoms with E-state index in [0.29, 0.717) is 10.8 Å². The number of nitrogens with one attached hydrogen (secondary N) is 1. The van der Waals surface area contributed by atoms with Gasteiger partial charge in [0.25, 0.3) is 0 Å². The second kappa shape index (κ2) is 3.20. The maximum atomic E-state index is 5.71. The molecule has 0 aromatic rings. The minimum Gasteiger partial charge on any atom is -0.328 e. The highest BCUT2D eigenvalue weighted by atomic mass is 32.2. The number of hydrogen-bond acceptors (Lipinski definition) is 3. The van der Waals surface area contributed by atoms with E-state index in [9.17, 15) is 0 Å². The molecule has 0 aliphatic heterocycles. The Morgan fingerprint density at radius 1 is 1.50 bits per heavy atom. The Morgan fingerprint density at radius 3 is 2.58 bits per heavy atom. The molecule has 2 aliphatic carbocycles. The zero-order chi connectivity index (χ0) is 8.60. The highest BCUT2D eigenvalue weighted by Gasteiger charge is 2.42. The summed E-state index contributed by atoms with van der Waals surface area (Å²) in [6.45, 7) is 1.20. The predicted octanol–water partition coefficient (Wildman–Crippen LogP) is 0.961. The summed E-state index contributed by atoms with van der Waals surface area (Å²) in [6, 6.07) is 1.21. The predicted molar refractivity (Wildman–Crippen MR) is 54.5 cm³/mol. The first-order chi connectivity index (χ1) is 5.74. The molecule has 2 saturated carbocycles. The molecule has 2 aliphatic rings. The average molecular weight is 186 g/mol. The van der Waals surface area contributed by atoms with Gasteiger partial charge in [0.05, 0.1) is 0 Å². The van der Waals surface area contributed by atoms with E-state index in [4.69, 9.17) is 5.73 Å². The van der Waals surface area contributed by atoms with Crippen LogP contribution in [0.1, 0.15) is 25.7 Å². The Bertz CT molecular complexity index is 162. The fraction of sp³-hybridized carbons (Fsp3) is 1.00. The van der Waals surface area contributed by atoms with Crippen molar-refractivity contribution < 1.29 is 0 Å². The largest absolute Gasteiger partial charge is 0.328 e. The third kappa shape index (κ3) is 1.78. The molecule has 2 nitrogen and oxygen atoms in total. The quantitative estimate of drug-likeness (QED) is 0.687. The molecule has 70 valence electrons. The molecular weight excluding hydrogens is 168 g/mol. The molecule has 2 fully saturated rings. The van der Waals surface area contributed by atoms with Crippen LogP contribution in [0.4, 0.5) is 0 Å². The molecule has 0 heterocycles. The molecule has 0 amide bonds. The molecule has 0 unspecified atom stereocenters. The van der Waals surface area contributed by atoms with E-state index in [-0.39, 0.29) is 0 Å². The monoisotopic (exact) mass is 186 g/mol. The molecule has 3 N–H and O–H groups in total. The summed E-state index contributed by atoms with van der Waals surface area (Å²) < 4.78 is 0.611. The van der Waals surface area contributed by atoms with Crippen molar-refractivity contribution in [3.63, 3.8) is 0 Å². The normalized spacial score (nSPS) is 37.5. The minimum absolute atomic E-state index is 0.479. The van der Waals surface area contributed by atoms with Gasteiger partial charge in [-0.05, 0) is 31.9 Å². The molecule has 2 rings (SSSR count). The van der Waals surface area contributed by atoms with E-state index in [1.165, 1.54) is 32.2 Å². The molecule has 0 aromatic heterocycles. The second-order valence-electron chi connectivity index (χ2n) is 4.20. The molecular formula is C9H18N2S. The first-order valence-electron chi connectivity index (χ1n) is 4.78. The second-order valence-corrected chi connectivity index (χ2v) is 5.47. The van der Waals surface area contributed by atoms with Gasteiger partial charge in [0.15, 0.2) is 0 Å². The van der Waals surface area contributed by atoms with Gasteiger partial charge in [-0.3, -0.25) is 0 Å². The summed E-state index contributed by atoms with van der Waals surface area (Å²) in [5, 5.41) is 3.60. The van der Waals surface area contributed by atoms with Crippen LogP contribution in [0, 0.1) is 0 Å². The standard InChI is InChI=1S/C9H18N2S/c1-12-9(2-3-9)6-11-8-4-7(10)5-8/h7-8,11H,2-6,10H2,1H3. The molecule has 0 atom stereocenters. The lowest BCUT2D eigenvalue weighted by Gasteiger charge is -2.34. The van der Waals surface area contributed by atoms with Gasteiger partial charge in [0, 0.05) is 23.4 Å². The Balaban J connectivity index is 1.63. The fourth-order valence-electron chi connectivity index (χ4n) is 1.75. The first-order valence-corrected chi connectivity index (χ1v) is 6.01. The average Bonchev–Trinajstić information content (AvgIpc) is 2.77. The van der Waals surface area contributed by atoms with Crippen LogP contribution in [0.3, 0.4) is 0 Å². The first kappa shape index (κ1) is 8.85. The summed E-state index contributed by atoms with van der Waals surface area (Å²) >= 11 is 2.02. The van der Waals surface area contributed by atoms with Gasteiger partial charge in [-0.1, -0.05) is 0 Å². The van der Waals surface area contributed by atoms with E-state index in [0.717, 1.165) is 6.04 Å². The number of thioether (sulfide) groups is 1. The lowest BCUT2D eigenvalue weighted by atomic mass is 9.87. The third-order valence-corrected chi connectivity index (χ3v) is 4.55. The van der Waals surface area contributed by atoms with Gasteiger partial charge in [-0.2, -0.15) is 11.8 Å². The Kier molecular flexibility index (Phi) is 2.36. The smallest absolute Gasteiger partial charge is 0.0282 e. The van der Waals surface area contributed by atoms with Crippen LogP contribution in [-0.4, -0.2) is 29.6 Å². The molecule has 12 heavy (non-hydrogen) atoms. The van der Waals surface area contributed by atoms with Gasteiger partial charge < -0.3 is 11.1 Å². The van der Waals surface area contributed by atoms with E-state index < -0.39 is 0 Å². The lowest BCUT2D eigenvalue weighted by Crippen LogP contribution is -2.50. The lowest BCUT2D eigenvalue weighted by molar-refractivity contribution is 0.292. The summed E-state index contributed by atoms with van der Waals surface area (Å²) in [4.78, 5) is 0. The molecule has 3 heteroatoms. The van der Waals surface area contributed by atoms with Crippen LogP contribution in [-0.2, 0) is 0 Å². The maximum Gasteiger partial charge on any atom is 0.0282 e. The van der Waals surface area contributed by atoms with Crippen LogP contribution < -0.4 is 11.1 Å². The topological polar surface area (TPSA) is 38.0 Å². The zero-order valence-electron chi connectivity index (χ0n) is 7.68. The summed E-state index contributed by atoms with van der Waals surface area (Å²) in [7, 11) is 0. The third-order valence-electron chi connectivity index (χ3n) is 3.13. The highest BCUT2D eigenvalue weighted by Crippen LogP contribution is 2.46. The molecule has 0 saturated heterocycles. The van der Waals surface area contributed by atoms with Crippen molar-refractivity contribution in [3.8, 4) is 0 Å². The van der Waals surface area contributed by atoms with Gasteiger partial charge in [0.1, 0.15) is 0 Å². The van der Waals surface area contributed by atoms with E-state index in [1.54, 1.807) is 0 Å². The van der Waals surface area contributed by atoms with Crippen molar-refractivity contribution in [2.75, 3.05) is 12.8 Å². The summed E-state index contributed by atoms with van der Waals surface area (Å²) in [5.74, 6) is 0. The Labute approximate surface area is 78.7 Å². The van der Waals surface area contributed by atoms with Crippen molar-refractivity contribution in [3.05, 3.63) is 0 Å². The van der Waals surface area contributed by atoms with Crippen molar-refractivity contribution in [1.82, 2.24) is 5.32 Å². The fourth-order valence-corrected chi connectivity index (χ4v) is 2.49. The van der Waals surface area contributed by atoms with E-state index >= 15 is 0 Å². The van der Waals surface area contributed by atoms with Crippen LogP contribution >= 0.6 is 11.8 Å². The molecule has 0 aromatic carbocycles. The maximum absolute atomic E-state index is 5.71. The van der Waals surface area contributed by atoms with Crippen LogP contribution in [0.5, 0.6) is 0 Å².